The van der Waals surface area contributed by atoms with Crippen LogP contribution in [0.4, 0.5) is 0 Å². The summed E-state index contributed by atoms with van der Waals surface area (Å²) in [6, 6.07) is 11.2. The van der Waals surface area contributed by atoms with Crippen LogP contribution in [0.1, 0.15) is 52.6 Å². The molecular weight excluding hydrogens is 406 g/mol. The first-order valence-corrected chi connectivity index (χ1v) is 9.94. The van der Waals surface area contributed by atoms with Crippen molar-refractivity contribution >= 4 is 28.4 Å². The molecule has 0 radical (unpaired) electrons. The molecule has 0 aliphatic carbocycles. The fourth-order valence-corrected chi connectivity index (χ4v) is 3.99. The van der Waals surface area contributed by atoms with Crippen LogP contribution in [0.3, 0.4) is 0 Å². The number of para-hydroxylation sites is 1. The van der Waals surface area contributed by atoms with Gasteiger partial charge in [0, 0.05) is 24.0 Å². The molecule has 1 unspecified atom stereocenters. The van der Waals surface area contributed by atoms with E-state index in [0.29, 0.717) is 18.7 Å². The SMILES string of the molecule is CC(O)c1nc(Cl)c(C(=O)N2CCc3[nH]cnc3[C@@H]2c2ccc3ccccc3n2)o1. The van der Waals surface area contributed by atoms with E-state index in [0.717, 1.165) is 22.3 Å². The van der Waals surface area contributed by atoms with E-state index >= 15 is 0 Å². The number of carbonyl (C=O) groups excluding carboxylic acids is 1. The molecule has 4 heterocycles. The summed E-state index contributed by atoms with van der Waals surface area (Å²) in [4.78, 5) is 31.4. The summed E-state index contributed by atoms with van der Waals surface area (Å²) in [5, 5.41) is 10.7. The fourth-order valence-electron chi connectivity index (χ4n) is 3.79. The summed E-state index contributed by atoms with van der Waals surface area (Å²) in [5.41, 5.74) is 3.23. The Bertz CT molecular complexity index is 1250. The largest absolute Gasteiger partial charge is 0.431 e. The molecule has 9 heteroatoms. The van der Waals surface area contributed by atoms with Crippen LogP contribution < -0.4 is 0 Å². The summed E-state index contributed by atoms with van der Waals surface area (Å²) < 4.78 is 5.48. The van der Waals surface area contributed by atoms with Crippen molar-refractivity contribution in [2.45, 2.75) is 25.5 Å². The van der Waals surface area contributed by atoms with E-state index in [4.69, 9.17) is 21.0 Å². The van der Waals surface area contributed by atoms with Crippen molar-refractivity contribution in [1.82, 2.24) is 24.8 Å². The number of nitrogens with one attached hydrogen (secondary N) is 1. The Morgan fingerprint density at radius 3 is 2.93 bits per heavy atom. The zero-order valence-corrected chi connectivity index (χ0v) is 16.8. The second kappa shape index (κ2) is 7.23. The molecule has 152 valence electrons. The molecular formula is C21H18ClN5O3. The molecule has 8 nitrogen and oxygen atoms in total. The molecule has 1 aromatic carbocycles. The van der Waals surface area contributed by atoms with Crippen LogP contribution in [0.5, 0.6) is 0 Å². The second-order valence-electron chi connectivity index (χ2n) is 7.19. The topological polar surface area (TPSA) is 108 Å². The van der Waals surface area contributed by atoms with Gasteiger partial charge < -0.3 is 19.4 Å². The van der Waals surface area contributed by atoms with Gasteiger partial charge >= 0.3 is 0 Å². The minimum atomic E-state index is -0.971. The van der Waals surface area contributed by atoms with Crippen LogP contribution in [-0.2, 0) is 6.42 Å². The van der Waals surface area contributed by atoms with Gasteiger partial charge in [-0.25, -0.2) is 4.98 Å². The number of pyridine rings is 1. The number of aliphatic hydroxyl groups is 1. The number of amides is 1. The normalized spacial score (nSPS) is 17.2. The molecule has 0 bridgehead atoms. The molecule has 1 aliphatic heterocycles. The van der Waals surface area contributed by atoms with Gasteiger partial charge in [0.1, 0.15) is 12.1 Å². The summed E-state index contributed by atoms with van der Waals surface area (Å²) in [6.45, 7) is 1.92. The Hall–Kier alpha value is -3.23. The van der Waals surface area contributed by atoms with Crippen LogP contribution in [0.15, 0.2) is 47.1 Å². The smallest absolute Gasteiger partial charge is 0.293 e. The van der Waals surface area contributed by atoms with Crippen LogP contribution >= 0.6 is 11.6 Å². The van der Waals surface area contributed by atoms with Crippen molar-refractivity contribution in [3.05, 3.63) is 76.6 Å². The first kappa shape index (κ1) is 18.8. The predicted molar refractivity (Wildman–Crippen MR) is 109 cm³/mol. The maximum absolute atomic E-state index is 13.4. The third-order valence-electron chi connectivity index (χ3n) is 5.24. The zero-order valence-electron chi connectivity index (χ0n) is 16.0. The Balaban J connectivity index is 1.60. The zero-order chi connectivity index (χ0) is 20.8. The van der Waals surface area contributed by atoms with Crippen molar-refractivity contribution in [3.8, 4) is 0 Å². The molecule has 1 amide bonds. The molecule has 1 aliphatic rings. The lowest BCUT2D eigenvalue weighted by Crippen LogP contribution is -2.41. The average molecular weight is 424 g/mol. The molecule has 5 rings (SSSR count). The first-order chi connectivity index (χ1) is 14.5. The first-order valence-electron chi connectivity index (χ1n) is 9.56. The number of H-pyrrole nitrogens is 1. The number of carbonyl (C=O) groups is 1. The fraction of sp³-hybridized carbons (Fsp3) is 0.238. The van der Waals surface area contributed by atoms with Crippen molar-refractivity contribution in [3.63, 3.8) is 0 Å². The number of aromatic nitrogens is 4. The molecule has 0 saturated carbocycles. The van der Waals surface area contributed by atoms with Gasteiger partial charge in [0.2, 0.25) is 11.7 Å². The maximum atomic E-state index is 13.4. The lowest BCUT2D eigenvalue weighted by molar-refractivity contribution is 0.0646. The highest BCUT2D eigenvalue weighted by atomic mass is 35.5. The Kier molecular flexibility index (Phi) is 4.52. The van der Waals surface area contributed by atoms with Crippen molar-refractivity contribution in [2.24, 2.45) is 0 Å². The molecule has 2 N–H and O–H groups in total. The maximum Gasteiger partial charge on any atom is 0.293 e. The number of oxazole rings is 1. The van der Waals surface area contributed by atoms with Gasteiger partial charge in [-0.15, -0.1) is 0 Å². The van der Waals surface area contributed by atoms with Crippen LogP contribution in [-0.4, -0.2) is 42.4 Å². The monoisotopic (exact) mass is 423 g/mol. The van der Waals surface area contributed by atoms with Crippen molar-refractivity contribution in [2.75, 3.05) is 6.54 Å². The molecule has 3 aromatic heterocycles. The number of benzene rings is 1. The standard InChI is InChI=1S/C21H18ClN5O3/c1-11(28)20-26-19(22)18(30-20)21(29)27-9-8-14-16(24-10-23-14)17(27)15-7-6-12-4-2-3-5-13(12)25-15/h2-7,10-11,17,28H,8-9H2,1H3,(H,23,24)/t11?,17-/m0/s1. The number of aliphatic hydroxyl groups excluding tert-OH is 1. The highest BCUT2D eigenvalue weighted by Crippen LogP contribution is 2.35. The van der Waals surface area contributed by atoms with E-state index in [1.165, 1.54) is 6.92 Å². The van der Waals surface area contributed by atoms with Gasteiger partial charge in [0.05, 0.1) is 23.2 Å². The van der Waals surface area contributed by atoms with Crippen molar-refractivity contribution < 1.29 is 14.3 Å². The predicted octanol–water partition coefficient (Wildman–Crippen LogP) is 3.44. The number of hydrogen-bond donors (Lipinski definition) is 2. The van der Waals surface area contributed by atoms with E-state index in [1.54, 1.807) is 11.2 Å². The second-order valence-corrected chi connectivity index (χ2v) is 7.55. The van der Waals surface area contributed by atoms with Crippen LogP contribution in [0.25, 0.3) is 10.9 Å². The minimum absolute atomic E-state index is 0.00111. The number of imidazole rings is 1. The number of fused-ring (bicyclic) bond motifs is 2. The third-order valence-corrected chi connectivity index (χ3v) is 5.50. The molecule has 2 atom stereocenters. The number of halogens is 1. The number of nitrogens with zero attached hydrogens (tertiary/aromatic N) is 4. The summed E-state index contributed by atoms with van der Waals surface area (Å²) in [5.74, 6) is -0.522. The summed E-state index contributed by atoms with van der Waals surface area (Å²) in [6.07, 6.45) is 1.26. The highest BCUT2D eigenvalue weighted by Gasteiger charge is 2.38. The Morgan fingerprint density at radius 1 is 1.30 bits per heavy atom. The lowest BCUT2D eigenvalue weighted by atomic mass is 9.98. The average Bonchev–Trinajstić information content (AvgIpc) is 3.38. The Labute approximate surface area is 176 Å². The van der Waals surface area contributed by atoms with Gasteiger partial charge in [0.15, 0.2) is 5.15 Å². The van der Waals surface area contributed by atoms with Crippen LogP contribution in [0.2, 0.25) is 5.15 Å². The van der Waals surface area contributed by atoms with E-state index in [1.807, 2.05) is 36.4 Å². The Morgan fingerprint density at radius 2 is 2.13 bits per heavy atom. The van der Waals surface area contributed by atoms with Gasteiger partial charge in [-0.1, -0.05) is 35.9 Å². The van der Waals surface area contributed by atoms with Gasteiger partial charge in [0.25, 0.3) is 5.91 Å². The molecule has 0 fully saturated rings. The van der Waals surface area contributed by atoms with E-state index in [2.05, 4.69) is 15.0 Å². The van der Waals surface area contributed by atoms with Gasteiger partial charge in [-0.05, 0) is 19.1 Å². The van der Waals surface area contributed by atoms with Crippen molar-refractivity contribution in [1.29, 1.82) is 0 Å². The quantitative estimate of drug-likeness (QED) is 0.522. The molecule has 30 heavy (non-hydrogen) atoms. The summed E-state index contributed by atoms with van der Waals surface area (Å²) >= 11 is 6.15. The third kappa shape index (κ3) is 3.05. The van der Waals surface area contributed by atoms with Gasteiger partial charge in [-0.2, -0.15) is 4.98 Å². The van der Waals surface area contributed by atoms with E-state index < -0.39 is 18.1 Å². The number of rotatable bonds is 3. The molecule has 4 aromatic rings. The number of hydrogen-bond acceptors (Lipinski definition) is 6. The van der Waals surface area contributed by atoms with E-state index in [9.17, 15) is 9.90 Å². The summed E-state index contributed by atoms with van der Waals surface area (Å²) in [7, 11) is 0. The van der Waals surface area contributed by atoms with E-state index in [-0.39, 0.29) is 16.8 Å². The number of aromatic amines is 1. The minimum Gasteiger partial charge on any atom is -0.431 e. The van der Waals surface area contributed by atoms with Crippen LogP contribution in [0, 0.1) is 0 Å². The molecule has 0 spiro atoms. The lowest BCUT2D eigenvalue weighted by Gasteiger charge is -2.34. The molecule has 0 saturated heterocycles. The highest BCUT2D eigenvalue weighted by molar-refractivity contribution is 6.32. The van der Waals surface area contributed by atoms with Gasteiger partial charge in [-0.3, -0.25) is 9.78 Å².